The lowest BCUT2D eigenvalue weighted by atomic mass is 10.2. The van der Waals surface area contributed by atoms with Gasteiger partial charge in [0.1, 0.15) is 11.5 Å². The summed E-state index contributed by atoms with van der Waals surface area (Å²) in [7, 11) is 0. The van der Waals surface area contributed by atoms with E-state index in [2.05, 4.69) is 25.6 Å². The molecule has 4 aromatic heterocycles. The van der Waals surface area contributed by atoms with Crippen LogP contribution in [0.15, 0.2) is 47.4 Å². The predicted octanol–water partition coefficient (Wildman–Crippen LogP) is 2.87. The van der Waals surface area contributed by atoms with Gasteiger partial charge in [-0.25, -0.2) is 15.0 Å². The van der Waals surface area contributed by atoms with Crippen LogP contribution in [-0.4, -0.2) is 37.4 Å². The van der Waals surface area contributed by atoms with Crippen LogP contribution in [0.25, 0.3) is 16.9 Å². The Balaban J connectivity index is 1.44. The van der Waals surface area contributed by atoms with Crippen LogP contribution >= 0.6 is 11.3 Å². The maximum atomic E-state index is 10.8. The van der Waals surface area contributed by atoms with Crippen LogP contribution in [0, 0.1) is 10.1 Å². The van der Waals surface area contributed by atoms with Crippen LogP contribution in [0.3, 0.4) is 0 Å². The smallest absolute Gasteiger partial charge is 0.311 e. The number of anilines is 3. The fourth-order valence-electron chi connectivity index (χ4n) is 2.69. The monoisotopic (exact) mass is 396 g/mol. The van der Waals surface area contributed by atoms with E-state index in [-0.39, 0.29) is 11.5 Å². The number of thiophene rings is 1. The molecule has 0 bridgehead atoms. The van der Waals surface area contributed by atoms with Crippen LogP contribution in [0.5, 0.6) is 0 Å². The summed E-state index contributed by atoms with van der Waals surface area (Å²) < 4.78 is 1.87. The molecule has 4 heterocycles. The lowest BCUT2D eigenvalue weighted by Crippen LogP contribution is -2.17. The molecular weight excluding hydrogens is 380 g/mol. The molecule has 4 rings (SSSR count). The zero-order valence-corrected chi connectivity index (χ0v) is 15.4. The van der Waals surface area contributed by atoms with Crippen LogP contribution in [0.2, 0.25) is 0 Å². The molecular formula is C17H16N8O2S. The minimum Gasteiger partial charge on any atom is -0.378 e. The quantitative estimate of drug-likeness (QED) is 0.246. The molecule has 0 aromatic carbocycles. The van der Waals surface area contributed by atoms with E-state index in [1.807, 2.05) is 33.5 Å². The third-order valence-corrected chi connectivity index (χ3v) is 4.70. The van der Waals surface area contributed by atoms with Crippen molar-refractivity contribution in [2.45, 2.75) is 0 Å². The molecule has 0 aliphatic carbocycles. The molecule has 0 fully saturated rings. The van der Waals surface area contributed by atoms with E-state index in [1.165, 1.54) is 12.1 Å². The van der Waals surface area contributed by atoms with Gasteiger partial charge in [-0.15, -0.1) is 0 Å². The largest absolute Gasteiger partial charge is 0.378 e. The molecule has 0 aliphatic heterocycles. The van der Waals surface area contributed by atoms with Gasteiger partial charge in [-0.2, -0.15) is 11.3 Å². The highest BCUT2D eigenvalue weighted by Gasteiger charge is 2.12. The molecule has 0 unspecified atom stereocenters. The number of hydrogen-bond donors (Lipinski definition) is 3. The third-order valence-electron chi connectivity index (χ3n) is 4.02. The Morgan fingerprint density at radius 3 is 2.82 bits per heavy atom. The number of pyridine rings is 1. The highest BCUT2D eigenvalue weighted by molar-refractivity contribution is 7.08. The topological polar surface area (TPSA) is 136 Å². The van der Waals surface area contributed by atoms with Gasteiger partial charge in [0.2, 0.25) is 11.8 Å². The first-order valence-electron chi connectivity index (χ1n) is 8.37. The van der Waals surface area contributed by atoms with Gasteiger partial charge in [0, 0.05) is 48.6 Å². The number of nitrogens with zero attached hydrogens (tertiary/aromatic N) is 5. The number of nitrogens with two attached hydrogens (primary N) is 1. The van der Waals surface area contributed by atoms with Gasteiger partial charge in [0.05, 0.1) is 10.6 Å². The Hall–Kier alpha value is -3.73. The molecule has 0 aliphatic rings. The Bertz CT molecular complexity index is 1130. The molecule has 0 saturated heterocycles. The average Bonchev–Trinajstić information content (AvgIpc) is 3.36. The fourth-order valence-corrected chi connectivity index (χ4v) is 3.34. The zero-order chi connectivity index (χ0) is 19.5. The number of fused-ring (bicyclic) bond motifs is 1. The second kappa shape index (κ2) is 7.48. The van der Waals surface area contributed by atoms with Crippen LogP contribution < -0.4 is 16.4 Å². The summed E-state index contributed by atoms with van der Waals surface area (Å²) in [6, 6.07) is 6.81. The number of rotatable bonds is 7. The van der Waals surface area contributed by atoms with Crippen molar-refractivity contribution in [3.63, 3.8) is 0 Å². The summed E-state index contributed by atoms with van der Waals surface area (Å²) >= 11 is 1.61. The van der Waals surface area contributed by atoms with E-state index in [1.54, 1.807) is 17.5 Å². The Morgan fingerprint density at radius 1 is 1.21 bits per heavy atom. The van der Waals surface area contributed by atoms with Crippen molar-refractivity contribution in [1.29, 1.82) is 0 Å². The predicted molar refractivity (Wildman–Crippen MR) is 109 cm³/mol. The van der Waals surface area contributed by atoms with Crippen molar-refractivity contribution in [3.8, 4) is 11.3 Å². The van der Waals surface area contributed by atoms with E-state index < -0.39 is 4.92 Å². The van der Waals surface area contributed by atoms with E-state index in [0.717, 1.165) is 16.9 Å². The molecule has 142 valence electrons. The number of nitrogen functional groups attached to an aromatic ring is 1. The minimum absolute atomic E-state index is 0.117. The molecule has 4 aromatic rings. The summed E-state index contributed by atoms with van der Waals surface area (Å²) in [5.41, 5.74) is 8.09. The van der Waals surface area contributed by atoms with Crippen molar-refractivity contribution in [2.24, 2.45) is 0 Å². The highest BCUT2D eigenvalue weighted by atomic mass is 32.1. The first-order chi connectivity index (χ1) is 13.6. The summed E-state index contributed by atoms with van der Waals surface area (Å²) in [5.74, 6) is 1.03. The number of hydrogen-bond acceptors (Lipinski definition) is 9. The van der Waals surface area contributed by atoms with Gasteiger partial charge in [-0.1, -0.05) is 0 Å². The van der Waals surface area contributed by atoms with Gasteiger partial charge in [-0.3, -0.25) is 14.5 Å². The van der Waals surface area contributed by atoms with E-state index >= 15 is 0 Å². The van der Waals surface area contributed by atoms with Crippen LogP contribution in [0.1, 0.15) is 0 Å². The Morgan fingerprint density at radius 2 is 2.07 bits per heavy atom. The first-order valence-corrected chi connectivity index (χ1v) is 9.31. The van der Waals surface area contributed by atoms with Gasteiger partial charge >= 0.3 is 5.69 Å². The standard InChI is InChI=1S/C17H16N8O2S/c18-16-13(25(26)27)1-2-14(23-16)19-4-5-21-17-22-12(11-3-8-28-10-11)9-15-20-6-7-24(15)17/h1-3,6-10H,4-5H2,(H,21,22)(H3,18,19,23). The molecule has 0 amide bonds. The molecule has 28 heavy (non-hydrogen) atoms. The summed E-state index contributed by atoms with van der Waals surface area (Å²) in [6.45, 7) is 1.07. The summed E-state index contributed by atoms with van der Waals surface area (Å²) in [5, 5.41) is 21.2. The van der Waals surface area contributed by atoms with Crippen molar-refractivity contribution < 1.29 is 4.92 Å². The normalized spacial score (nSPS) is 10.9. The van der Waals surface area contributed by atoms with E-state index in [0.29, 0.717) is 24.9 Å². The SMILES string of the molecule is Nc1nc(NCCNc2nc(-c3ccsc3)cc3nccn23)ccc1[N+](=O)[O-]. The summed E-state index contributed by atoms with van der Waals surface area (Å²) in [4.78, 5) is 23.3. The van der Waals surface area contributed by atoms with Crippen molar-refractivity contribution in [2.75, 3.05) is 29.5 Å². The van der Waals surface area contributed by atoms with Crippen molar-refractivity contribution >= 4 is 40.3 Å². The van der Waals surface area contributed by atoms with Crippen molar-refractivity contribution in [1.82, 2.24) is 19.4 Å². The average molecular weight is 396 g/mol. The molecule has 0 spiro atoms. The number of nitro groups is 1. The second-order valence-electron chi connectivity index (χ2n) is 5.84. The lowest BCUT2D eigenvalue weighted by Gasteiger charge is -2.11. The van der Waals surface area contributed by atoms with Crippen LogP contribution in [0.4, 0.5) is 23.3 Å². The summed E-state index contributed by atoms with van der Waals surface area (Å²) in [6.07, 6.45) is 3.56. The highest BCUT2D eigenvalue weighted by Crippen LogP contribution is 2.23. The fraction of sp³-hybridized carbons (Fsp3) is 0.118. The van der Waals surface area contributed by atoms with Gasteiger partial charge in [0.25, 0.3) is 0 Å². The molecule has 10 nitrogen and oxygen atoms in total. The number of nitrogens with one attached hydrogen (secondary N) is 2. The zero-order valence-electron chi connectivity index (χ0n) is 14.6. The van der Waals surface area contributed by atoms with Gasteiger partial charge < -0.3 is 16.4 Å². The Kier molecular flexibility index (Phi) is 4.72. The molecule has 11 heteroatoms. The van der Waals surface area contributed by atoms with Gasteiger partial charge in [0.15, 0.2) is 0 Å². The maximum absolute atomic E-state index is 10.8. The van der Waals surface area contributed by atoms with E-state index in [9.17, 15) is 10.1 Å². The third kappa shape index (κ3) is 3.55. The molecule has 0 saturated carbocycles. The molecule has 0 radical (unpaired) electrons. The molecule has 4 N–H and O–H groups in total. The minimum atomic E-state index is -0.559. The van der Waals surface area contributed by atoms with Crippen LogP contribution in [-0.2, 0) is 0 Å². The number of aromatic nitrogens is 4. The maximum Gasteiger partial charge on any atom is 0.311 e. The van der Waals surface area contributed by atoms with E-state index in [4.69, 9.17) is 5.73 Å². The first kappa shape index (κ1) is 17.7. The second-order valence-corrected chi connectivity index (χ2v) is 6.62. The lowest BCUT2D eigenvalue weighted by molar-refractivity contribution is -0.384. The Labute approximate surface area is 163 Å². The van der Waals surface area contributed by atoms with Crippen molar-refractivity contribution in [3.05, 3.63) is 57.5 Å². The molecule has 0 atom stereocenters. The number of imidazole rings is 1. The van der Waals surface area contributed by atoms with Gasteiger partial charge in [-0.05, 0) is 17.5 Å².